The van der Waals surface area contributed by atoms with Crippen molar-refractivity contribution >= 4 is 22.4 Å². The van der Waals surface area contributed by atoms with Crippen LogP contribution in [0.3, 0.4) is 0 Å². The first-order chi connectivity index (χ1) is 10.2. The van der Waals surface area contributed by atoms with E-state index in [9.17, 15) is 0 Å². The number of nitrogens with zero attached hydrogens (tertiary/aromatic N) is 1. The van der Waals surface area contributed by atoms with E-state index in [1.165, 1.54) is 48.4 Å². The minimum absolute atomic E-state index is 0.285. The summed E-state index contributed by atoms with van der Waals surface area (Å²) < 4.78 is 0. The van der Waals surface area contributed by atoms with Gasteiger partial charge in [-0.05, 0) is 47.2 Å². The van der Waals surface area contributed by atoms with Gasteiger partial charge in [-0.3, -0.25) is 5.41 Å². The van der Waals surface area contributed by atoms with Gasteiger partial charge in [-0.15, -0.1) is 0 Å². The van der Waals surface area contributed by atoms with Crippen LogP contribution < -0.4 is 5.73 Å². The van der Waals surface area contributed by atoms with Crippen molar-refractivity contribution in [2.45, 2.75) is 38.0 Å². The predicted molar refractivity (Wildman–Crippen MR) is 87.3 cm³/mol. The zero-order chi connectivity index (χ0) is 14.4. The SMILES string of the molecule is N=C1N=C(N)c2cc3ccc(C4CCCCC4)cc3cc21. The summed E-state index contributed by atoms with van der Waals surface area (Å²) in [5, 5.41) is 10.3. The van der Waals surface area contributed by atoms with Gasteiger partial charge in [-0.1, -0.05) is 37.5 Å². The van der Waals surface area contributed by atoms with Crippen molar-refractivity contribution in [2.75, 3.05) is 0 Å². The Bertz CT molecular complexity index is 767. The lowest BCUT2D eigenvalue weighted by atomic mass is 9.83. The van der Waals surface area contributed by atoms with Gasteiger partial charge in [-0.25, -0.2) is 4.99 Å². The second kappa shape index (κ2) is 4.69. The Morgan fingerprint density at radius 1 is 0.952 bits per heavy atom. The third-order valence-electron chi connectivity index (χ3n) is 4.84. The third kappa shape index (κ3) is 2.04. The van der Waals surface area contributed by atoms with E-state index in [-0.39, 0.29) is 5.84 Å². The largest absolute Gasteiger partial charge is 0.383 e. The van der Waals surface area contributed by atoms with Crippen LogP contribution in [-0.2, 0) is 0 Å². The fraction of sp³-hybridized carbons (Fsp3) is 0.333. The van der Waals surface area contributed by atoms with Gasteiger partial charge < -0.3 is 5.73 Å². The number of rotatable bonds is 1. The van der Waals surface area contributed by atoms with E-state index in [0.29, 0.717) is 11.8 Å². The molecule has 1 fully saturated rings. The maximum atomic E-state index is 7.92. The van der Waals surface area contributed by atoms with Crippen molar-refractivity contribution in [3.63, 3.8) is 0 Å². The Hall–Kier alpha value is -2.16. The van der Waals surface area contributed by atoms with E-state index in [0.717, 1.165) is 11.1 Å². The molecule has 0 unspecified atom stereocenters. The first-order valence-corrected chi connectivity index (χ1v) is 7.73. The summed E-state index contributed by atoms with van der Waals surface area (Å²) in [6, 6.07) is 10.9. The predicted octanol–water partition coefficient (Wildman–Crippen LogP) is 3.93. The fourth-order valence-electron chi connectivity index (χ4n) is 3.65. The monoisotopic (exact) mass is 277 g/mol. The van der Waals surface area contributed by atoms with Crippen LogP contribution in [0.15, 0.2) is 35.3 Å². The van der Waals surface area contributed by atoms with Crippen molar-refractivity contribution in [1.82, 2.24) is 0 Å². The van der Waals surface area contributed by atoms with Gasteiger partial charge in [0.25, 0.3) is 0 Å². The third-order valence-corrected chi connectivity index (χ3v) is 4.84. The van der Waals surface area contributed by atoms with Crippen molar-refractivity contribution in [3.05, 3.63) is 47.0 Å². The zero-order valence-electron chi connectivity index (χ0n) is 12.0. The Kier molecular flexibility index (Phi) is 2.81. The quantitative estimate of drug-likeness (QED) is 0.815. The molecule has 0 spiro atoms. The molecule has 0 radical (unpaired) electrons. The second-order valence-corrected chi connectivity index (χ2v) is 6.18. The number of fused-ring (bicyclic) bond motifs is 2. The molecule has 0 aromatic heterocycles. The molecule has 3 N–H and O–H groups in total. The lowest BCUT2D eigenvalue weighted by Gasteiger charge is -2.22. The summed E-state index contributed by atoms with van der Waals surface area (Å²) >= 11 is 0. The molecule has 2 aromatic rings. The summed E-state index contributed by atoms with van der Waals surface area (Å²) in [5.41, 5.74) is 9.09. The van der Waals surface area contributed by atoms with E-state index < -0.39 is 0 Å². The number of nitrogens with one attached hydrogen (secondary N) is 1. The smallest absolute Gasteiger partial charge is 0.154 e. The fourth-order valence-corrected chi connectivity index (χ4v) is 3.65. The molecular formula is C18H19N3. The summed E-state index contributed by atoms with van der Waals surface area (Å²) in [6.07, 6.45) is 6.69. The lowest BCUT2D eigenvalue weighted by Crippen LogP contribution is -2.10. The van der Waals surface area contributed by atoms with E-state index in [1.54, 1.807) is 0 Å². The molecule has 0 amide bonds. The van der Waals surface area contributed by atoms with E-state index in [1.807, 2.05) is 0 Å². The molecule has 1 aliphatic heterocycles. The van der Waals surface area contributed by atoms with Crippen LogP contribution in [0.1, 0.15) is 54.7 Å². The zero-order valence-corrected chi connectivity index (χ0v) is 12.0. The molecule has 1 saturated carbocycles. The first kappa shape index (κ1) is 12.6. The number of hydrogen-bond acceptors (Lipinski definition) is 2. The summed E-state index contributed by atoms with van der Waals surface area (Å²) in [5.74, 6) is 1.46. The number of aliphatic imine (C=N–C) groups is 1. The highest BCUT2D eigenvalue weighted by atomic mass is 14.9. The molecule has 0 atom stereocenters. The number of nitrogens with two attached hydrogens (primary N) is 1. The van der Waals surface area contributed by atoms with E-state index in [2.05, 4.69) is 35.3 Å². The Balaban J connectivity index is 1.80. The summed E-state index contributed by atoms with van der Waals surface area (Å²) in [4.78, 5) is 4.07. The molecule has 1 heterocycles. The van der Waals surface area contributed by atoms with Crippen LogP contribution in [-0.4, -0.2) is 11.7 Å². The molecule has 21 heavy (non-hydrogen) atoms. The molecule has 4 rings (SSSR count). The van der Waals surface area contributed by atoms with Crippen molar-refractivity contribution in [3.8, 4) is 0 Å². The minimum Gasteiger partial charge on any atom is -0.383 e. The molecule has 1 aliphatic carbocycles. The van der Waals surface area contributed by atoms with Crippen LogP contribution >= 0.6 is 0 Å². The van der Waals surface area contributed by atoms with Crippen molar-refractivity contribution in [2.24, 2.45) is 10.7 Å². The van der Waals surface area contributed by atoms with Gasteiger partial charge in [0.05, 0.1) is 0 Å². The molecule has 3 heteroatoms. The van der Waals surface area contributed by atoms with Gasteiger partial charge in [0.2, 0.25) is 0 Å². The summed E-state index contributed by atoms with van der Waals surface area (Å²) in [6.45, 7) is 0. The normalized spacial score (nSPS) is 18.9. The lowest BCUT2D eigenvalue weighted by molar-refractivity contribution is 0.444. The highest BCUT2D eigenvalue weighted by Crippen LogP contribution is 2.34. The van der Waals surface area contributed by atoms with Crippen LogP contribution in [0.4, 0.5) is 0 Å². The van der Waals surface area contributed by atoms with Gasteiger partial charge in [0.15, 0.2) is 5.84 Å². The molecule has 2 aromatic carbocycles. The molecule has 0 bridgehead atoms. The van der Waals surface area contributed by atoms with Gasteiger partial charge in [0.1, 0.15) is 5.84 Å². The van der Waals surface area contributed by atoms with Gasteiger partial charge >= 0.3 is 0 Å². The van der Waals surface area contributed by atoms with E-state index >= 15 is 0 Å². The Labute approximate surface area is 124 Å². The average molecular weight is 277 g/mol. The van der Waals surface area contributed by atoms with Crippen LogP contribution in [0.5, 0.6) is 0 Å². The van der Waals surface area contributed by atoms with E-state index in [4.69, 9.17) is 11.1 Å². The molecule has 3 nitrogen and oxygen atoms in total. The van der Waals surface area contributed by atoms with Crippen LogP contribution in [0.2, 0.25) is 0 Å². The standard InChI is InChI=1S/C18H19N3/c19-17-15-9-13-7-6-12(11-4-2-1-3-5-11)8-14(13)10-16(15)18(20)21-17/h6-11H,1-5H2,(H3,19,20,21). The summed E-state index contributed by atoms with van der Waals surface area (Å²) in [7, 11) is 0. The molecule has 0 saturated heterocycles. The topological polar surface area (TPSA) is 62.2 Å². The Morgan fingerprint density at radius 3 is 2.52 bits per heavy atom. The van der Waals surface area contributed by atoms with Gasteiger partial charge in [0, 0.05) is 11.1 Å². The van der Waals surface area contributed by atoms with Gasteiger partial charge in [-0.2, -0.15) is 0 Å². The highest BCUT2D eigenvalue weighted by Gasteiger charge is 2.20. The maximum absolute atomic E-state index is 7.92. The minimum atomic E-state index is 0.285. The maximum Gasteiger partial charge on any atom is 0.154 e. The molecule has 106 valence electrons. The average Bonchev–Trinajstić information content (AvgIpc) is 2.80. The number of amidine groups is 2. The Morgan fingerprint density at radius 2 is 1.71 bits per heavy atom. The number of hydrogen-bond donors (Lipinski definition) is 2. The van der Waals surface area contributed by atoms with Crippen LogP contribution in [0, 0.1) is 5.41 Å². The van der Waals surface area contributed by atoms with Crippen molar-refractivity contribution in [1.29, 1.82) is 5.41 Å². The second-order valence-electron chi connectivity index (χ2n) is 6.18. The first-order valence-electron chi connectivity index (χ1n) is 7.73. The van der Waals surface area contributed by atoms with Crippen molar-refractivity contribution < 1.29 is 0 Å². The highest BCUT2D eigenvalue weighted by molar-refractivity contribution is 6.22. The number of benzene rings is 2. The van der Waals surface area contributed by atoms with Crippen LogP contribution in [0.25, 0.3) is 10.8 Å². The molecular weight excluding hydrogens is 258 g/mol. The molecule has 2 aliphatic rings.